The minimum absolute atomic E-state index is 0.0520. The van der Waals surface area contributed by atoms with E-state index in [-0.39, 0.29) is 18.8 Å². The molecule has 148 valence electrons. The summed E-state index contributed by atoms with van der Waals surface area (Å²) in [6.45, 7) is 3.19. The Bertz CT molecular complexity index is 712. The minimum atomic E-state index is -0.419. The summed E-state index contributed by atoms with van der Waals surface area (Å²) in [5.74, 6) is 0.846. The standard InChI is InChI=1S/C21H28O5S/c1-14-16(9-15-3-5-18(6-4-15)25-8-7-24-2)10-21(27-14)20-12-17(23)11-19(13-22)26-20/h3-6,10,17,19-20,22-23H,7-9,11-13H2,1-2H3. The Morgan fingerprint density at radius 3 is 2.67 bits per heavy atom. The molecule has 2 aromatic rings. The van der Waals surface area contributed by atoms with Gasteiger partial charge >= 0.3 is 0 Å². The molecule has 1 aliphatic heterocycles. The zero-order valence-electron chi connectivity index (χ0n) is 15.9. The number of ether oxygens (including phenoxy) is 3. The van der Waals surface area contributed by atoms with Crippen molar-refractivity contribution in [3.8, 4) is 5.75 Å². The molecule has 1 fully saturated rings. The van der Waals surface area contributed by atoms with Gasteiger partial charge in [0.05, 0.1) is 31.5 Å². The smallest absolute Gasteiger partial charge is 0.119 e. The maximum atomic E-state index is 10.1. The van der Waals surface area contributed by atoms with Crippen LogP contribution in [-0.4, -0.2) is 49.4 Å². The second-order valence-electron chi connectivity index (χ2n) is 6.95. The molecule has 27 heavy (non-hydrogen) atoms. The van der Waals surface area contributed by atoms with Crippen LogP contribution in [0.25, 0.3) is 0 Å². The molecule has 3 rings (SSSR count). The van der Waals surface area contributed by atoms with Gasteiger partial charge < -0.3 is 24.4 Å². The van der Waals surface area contributed by atoms with Crippen LogP contribution in [-0.2, 0) is 15.9 Å². The summed E-state index contributed by atoms with van der Waals surface area (Å²) in [6, 6.07) is 10.3. The zero-order chi connectivity index (χ0) is 19.2. The van der Waals surface area contributed by atoms with Crippen molar-refractivity contribution >= 4 is 11.3 Å². The van der Waals surface area contributed by atoms with Crippen molar-refractivity contribution in [1.29, 1.82) is 0 Å². The van der Waals surface area contributed by atoms with Crippen molar-refractivity contribution in [1.82, 2.24) is 0 Å². The lowest BCUT2D eigenvalue weighted by Gasteiger charge is -2.31. The molecule has 1 aromatic heterocycles. The van der Waals surface area contributed by atoms with Gasteiger partial charge in [-0.2, -0.15) is 0 Å². The molecule has 0 amide bonds. The molecular formula is C21H28O5S. The van der Waals surface area contributed by atoms with E-state index in [0.29, 0.717) is 26.1 Å². The van der Waals surface area contributed by atoms with E-state index in [9.17, 15) is 10.2 Å². The third-order valence-corrected chi connectivity index (χ3v) is 6.00. The van der Waals surface area contributed by atoms with E-state index in [1.54, 1.807) is 18.4 Å². The predicted molar refractivity (Wildman–Crippen MR) is 106 cm³/mol. The summed E-state index contributed by atoms with van der Waals surface area (Å²) in [5.41, 5.74) is 2.49. The SMILES string of the molecule is COCCOc1ccc(Cc2cc(C3CC(O)CC(CO)O3)sc2C)cc1. The molecule has 2 N–H and O–H groups in total. The first kappa shape index (κ1) is 20.3. The average Bonchev–Trinajstić information content (AvgIpc) is 3.03. The fourth-order valence-electron chi connectivity index (χ4n) is 3.34. The first-order valence-electron chi connectivity index (χ1n) is 9.33. The number of aryl methyl sites for hydroxylation is 1. The van der Waals surface area contributed by atoms with E-state index in [0.717, 1.165) is 17.0 Å². The lowest BCUT2D eigenvalue weighted by Crippen LogP contribution is -2.33. The molecule has 1 aliphatic rings. The van der Waals surface area contributed by atoms with Gasteiger partial charge in [-0.1, -0.05) is 12.1 Å². The Balaban J connectivity index is 1.64. The van der Waals surface area contributed by atoms with Crippen molar-refractivity contribution in [2.75, 3.05) is 26.9 Å². The first-order valence-corrected chi connectivity index (χ1v) is 10.1. The molecule has 1 aromatic carbocycles. The van der Waals surface area contributed by atoms with E-state index in [2.05, 4.69) is 25.1 Å². The molecule has 2 heterocycles. The molecule has 0 bridgehead atoms. The Kier molecular flexibility index (Phi) is 7.26. The van der Waals surface area contributed by atoms with Crippen LogP contribution in [0.15, 0.2) is 30.3 Å². The van der Waals surface area contributed by atoms with Crippen molar-refractivity contribution < 1.29 is 24.4 Å². The van der Waals surface area contributed by atoms with E-state index in [1.165, 1.54) is 16.0 Å². The zero-order valence-corrected chi connectivity index (χ0v) is 16.7. The monoisotopic (exact) mass is 392 g/mol. The molecule has 1 saturated heterocycles. The van der Waals surface area contributed by atoms with Gasteiger partial charge in [0, 0.05) is 29.7 Å². The van der Waals surface area contributed by atoms with Gasteiger partial charge in [-0.25, -0.2) is 0 Å². The van der Waals surface area contributed by atoms with Gasteiger partial charge in [0.2, 0.25) is 0 Å². The third-order valence-electron chi connectivity index (χ3n) is 4.81. The van der Waals surface area contributed by atoms with Crippen molar-refractivity contribution in [2.24, 2.45) is 0 Å². The third kappa shape index (κ3) is 5.53. The molecule has 0 spiro atoms. The molecule has 6 heteroatoms. The quantitative estimate of drug-likeness (QED) is 0.675. The fraction of sp³-hybridized carbons (Fsp3) is 0.524. The molecule has 0 radical (unpaired) electrons. The number of aliphatic hydroxyl groups excluding tert-OH is 2. The number of thiophene rings is 1. The number of hydrogen-bond acceptors (Lipinski definition) is 6. The summed E-state index contributed by atoms with van der Waals surface area (Å²) in [6.07, 6.45) is 1.10. The highest BCUT2D eigenvalue weighted by atomic mass is 32.1. The lowest BCUT2D eigenvalue weighted by molar-refractivity contribution is -0.112. The Labute approximate surface area is 164 Å². The summed E-state index contributed by atoms with van der Waals surface area (Å²) in [4.78, 5) is 2.38. The summed E-state index contributed by atoms with van der Waals surface area (Å²) in [5, 5.41) is 19.4. The van der Waals surface area contributed by atoms with Crippen molar-refractivity contribution in [2.45, 2.75) is 44.5 Å². The highest BCUT2D eigenvalue weighted by molar-refractivity contribution is 7.12. The van der Waals surface area contributed by atoms with Gasteiger partial charge in [0.25, 0.3) is 0 Å². The Morgan fingerprint density at radius 1 is 1.19 bits per heavy atom. The second kappa shape index (κ2) is 9.66. The van der Waals surface area contributed by atoms with Crippen LogP contribution in [0.5, 0.6) is 5.75 Å². The molecule has 0 aliphatic carbocycles. The van der Waals surface area contributed by atoms with Crippen LogP contribution in [0.1, 0.15) is 39.8 Å². The number of hydrogen-bond donors (Lipinski definition) is 2. The largest absolute Gasteiger partial charge is 0.491 e. The number of methoxy groups -OCH3 is 1. The van der Waals surface area contributed by atoms with E-state index in [1.807, 2.05) is 12.1 Å². The summed E-state index contributed by atoms with van der Waals surface area (Å²) in [7, 11) is 1.66. The first-order chi connectivity index (χ1) is 13.1. The fourth-order valence-corrected chi connectivity index (χ4v) is 4.44. The summed E-state index contributed by atoms with van der Waals surface area (Å²) >= 11 is 1.72. The number of rotatable bonds is 8. The normalized spacial score (nSPS) is 22.7. The van der Waals surface area contributed by atoms with E-state index in [4.69, 9.17) is 14.2 Å². The molecule has 3 unspecified atom stereocenters. The van der Waals surface area contributed by atoms with Crippen LogP contribution in [0.3, 0.4) is 0 Å². The lowest BCUT2D eigenvalue weighted by atomic mass is 9.99. The van der Waals surface area contributed by atoms with Crippen LogP contribution in [0, 0.1) is 6.92 Å². The van der Waals surface area contributed by atoms with Crippen molar-refractivity contribution in [3.05, 3.63) is 51.2 Å². The second-order valence-corrected chi connectivity index (χ2v) is 8.23. The molecular weight excluding hydrogens is 364 g/mol. The highest BCUT2D eigenvalue weighted by Crippen LogP contribution is 2.37. The van der Waals surface area contributed by atoms with E-state index < -0.39 is 6.10 Å². The van der Waals surface area contributed by atoms with Gasteiger partial charge in [-0.05, 0) is 42.7 Å². The average molecular weight is 393 g/mol. The van der Waals surface area contributed by atoms with Crippen LogP contribution >= 0.6 is 11.3 Å². The maximum absolute atomic E-state index is 10.1. The summed E-state index contributed by atoms with van der Waals surface area (Å²) < 4.78 is 16.5. The topological polar surface area (TPSA) is 68.2 Å². The molecule has 5 nitrogen and oxygen atoms in total. The number of aliphatic hydroxyl groups is 2. The number of benzene rings is 1. The Morgan fingerprint density at radius 2 is 1.96 bits per heavy atom. The maximum Gasteiger partial charge on any atom is 0.119 e. The van der Waals surface area contributed by atoms with E-state index >= 15 is 0 Å². The predicted octanol–water partition coefficient (Wildman–Crippen LogP) is 3.25. The highest BCUT2D eigenvalue weighted by Gasteiger charge is 2.30. The van der Waals surface area contributed by atoms with Gasteiger partial charge in [-0.15, -0.1) is 11.3 Å². The van der Waals surface area contributed by atoms with Crippen LogP contribution < -0.4 is 4.74 Å². The van der Waals surface area contributed by atoms with Crippen LogP contribution in [0.4, 0.5) is 0 Å². The Hall–Kier alpha value is -1.44. The minimum Gasteiger partial charge on any atom is -0.491 e. The van der Waals surface area contributed by atoms with Crippen LogP contribution in [0.2, 0.25) is 0 Å². The van der Waals surface area contributed by atoms with Gasteiger partial charge in [0.15, 0.2) is 0 Å². The van der Waals surface area contributed by atoms with Crippen molar-refractivity contribution in [3.63, 3.8) is 0 Å². The van der Waals surface area contributed by atoms with Gasteiger partial charge in [0.1, 0.15) is 12.4 Å². The van der Waals surface area contributed by atoms with Gasteiger partial charge in [-0.3, -0.25) is 0 Å². The molecule has 0 saturated carbocycles. The molecule has 3 atom stereocenters.